The Hall–Kier alpha value is -0.820. The van der Waals surface area contributed by atoms with Crippen molar-refractivity contribution in [3.63, 3.8) is 0 Å². The molecule has 1 amide bonds. The number of hydrogen-bond donors (Lipinski definition) is 1. The number of alkyl halides is 3. The summed E-state index contributed by atoms with van der Waals surface area (Å²) in [6, 6.07) is 0. The fourth-order valence-electron chi connectivity index (χ4n) is 1.40. The van der Waals surface area contributed by atoms with Crippen molar-refractivity contribution in [2.24, 2.45) is 0 Å². The van der Waals surface area contributed by atoms with Crippen LogP contribution in [0.4, 0.5) is 13.2 Å². The van der Waals surface area contributed by atoms with Crippen LogP contribution >= 0.6 is 0 Å². The number of hydrogen-bond acceptors (Lipinski definition) is 3. The second-order valence-electron chi connectivity index (χ2n) is 3.81. The lowest BCUT2D eigenvalue weighted by molar-refractivity contribution is -0.161. The van der Waals surface area contributed by atoms with Crippen molar-refractivity contribution in [3.05, 3.63) is 0 Å². The zero-order chi connectivity index (χ0) is 14.0. The molecule has 0 aromatic carbocycles. The van der Waals surface area contributed by atoms with Gasteiger partial charge in [0.05, 0.1) is 0 Å². The first kappa shape index (κ1) is 17.2. The fourth-order valence-corrected chi connectivity index (χ4v) is 1.40. The molecule has 18 heavy (non-hydrogen) atoms. The third-order valence-corrected chi connectivity index (χ3v) is 2.19. The van der Waals surface area contributed by atoms with Gasteiger partial charge in [0.15, 0.2) is 0 Å². The first-order valence-electron chi connectivity index (χ1n) is 5.93. The van der Waals surface area contributed by atoms with Crippen molar-refractivity contribution in [1.29, 1.82) is 0 Å². The molecule has 0 aliphatic heterocycles. The maximum Gasteiger partial charge on any atom is 0.406 e. The van der Waals surface area contributed by atoms with E-state index >= 15 is 0 Å². The van der Waals surface area contributed by atoms with Gasteiger partial charge in [-0.05, 0) is 19.8 Å². The lowest BCUT2D eigenvalue weighted by atomic mass is 10.2. The Labute approximate surface area is 105 Å². The average Bonchev–Trinajstić information content (AvgIpc) is 2.28. The van der Waals surface area contributed by atoms with Gasteiger partial charge in [0.2, 0.25) is 5.91 Å². The Kier molecular flexibility index (Phi) is 8.74. The summed E-state index contributed by atoms with van der Waals surface area (Å²) in [5, 5.41) is 8.56. The molecule has 0 fully saturated rings. The van der Waals surface area contributed by atoms with Crippen LogP contribution in [-0.2, 0) is 9.53 Å². The quantitative estimate of drug-likeness (QED) is 0.648. The molecule has 0 unspecified atom stereocenters. The van der Waals surface area contributed by atoms with Crippen molar-refractivity contribution >= 4 is 5.91 Å². The van der Waals surface area contributed by atoms with Crippen LogP contribution in [0.3, 0.4) is 0 Å². The smallest absolute Gasteiger partial charge is 0.396 e. The van der Waals surface area contributed by atoms with E-state index in [-0.39, 0.29) is 26.0 Å². The molecule has 0 heterocycles. The van der Waals surface area contributed by atoms with Gasteiger partial charge in [-0.1, -0.05) is 0 Å². The van der Waals surface area contributed by atoms with E-state index in [9.17, 15) is 18.0 Å². The number of carbonyl (C=O) groups is 1. The second kappa shape index (κ2) is 9.16. The molecule has 0 bridgehead atoms. The van der Waals surface area contributed by atoms with E-state index in [1.807, 2.05) is 0 Å². The van der Waals surface area contributed by atoms with Crippen molar-refractivity contribution < 1.29 is 27.8 Å². The molecule has 0 aromatic heterocycles. The normalized spacial score (nSPS) is 11.6. The predicted molar refractivity (Wildman–Crippen MR) is 60.1 cm³/mol. The molecular weight excluding hydrogens is 251 g/mol. The third kappa shape index (κ3) is 9.23. The summed E-state index contributed by atoms with van der Waals surface area (Å²) >= 11 is 0. The van der Waals surface area contributed by atoms with Crippen LogP contribution in [0.15, 0.2) is 0 Å². The minimum atomic E-state index is -4.40. The minimum absolute atomic E-state index is 0.0176. The lowest BCUT2D eigenvalue weighted by Gasteiger charge is -2.24. The molecule has 1 N–H and O–H groups in total. The molecule has 108 valence electrons. The Morgan fingerprint density at radius 2 is 2.00 bits per heavy atom. The number of amides is 1. The van der Waals surface area contributed by atoms with Gasteiger partial charge in [-0.2, -0.15) is 13.2 Å². The van der Waals surface area contributed by atoms with Crippen molar-refractivity contribution in [2.45, 2.75) is 32.4 Å². The summed E-state index contributed by atoms with van der Waals surface area (Å²) in [5.41, 5.74) is 0. The SMILES string of the molecule is CCOCCCN(CC(F)(F)F)C(=O)CCCO. The van der Waals surface area contributed by atoms with Crippen LogP contribution in [0.1, 0.15) is 26.2 Å². The number of nitrogens with zero attached hydrogens (tertiary/aromatic N) is 1. The number of halogens is 3. The summed E-state index contributed by atoms with van der Waals surface area (Å²) in [5.74, 6) is -0.585. The fraction of sp³-hybridized carbons (Fsp3) is 0.909. The Balaban J connectivity index is 4.19. The van der Waals surface area contributed by atoms with Crippen LogP contribution in [0.5, 0.6) is 0 Å². The molecule has 0 rings (SSSR count). The van der Waals surface area contributed by atoms with Gasteiger partial charge in [-0.15, -0.1) is 0 Å². The molecule has 0 aliphatic carbocycles. The highest BCUT2D eigenvalue weighted by Gasteiger charge is 2.32. The Bertz CT molecular complexity index is 234. The van der Waals surface area contributed by atoms with Gasteiger partial charge in [-0.25, -0.2) is 0 Å². The van der Waals surface area contributed by atoms with E-state index in [1.165, 1.54) is 0 Å². The maximum absolute atomic E-state index is 12.3. The number of carbonyl (C=O) groups excluding carboxylic acids is 1. The molecule has 0 saturated carbocycles. The topological polar surface area (TPSA) is 49.8 Å². The van der Waals surface area contributed by atoms with Crippen LogP contribution in [0, 0.1) is 0 Å². The maximum atomic E-state index is 12.3. The lowest BCUT2D eigenvalue weighted by Crippen LogP contribution is -2.39. The molecule has 0 aromatic rings. The first-order valence-corrected chi connectivity index (χ1v) is 5.93. The van der Waals surface area contributed by atoms with E-state index in [1.54, 1.807) is 6.92 Å². The number of rotatable bonds is 9. The second-order valence-corrected chi connectivity index (χ2v) is 3.81. The van der Waals surface area contributed by atoms with Gasteiger partial charge < -0.3 is 14.7 Å². The van der Waals surface area contributed by atoms with Gasteiger partial charge >= 0.3 is 6.18 Å². The summed E-state index contributed by atoms with van der Waals surface area (Å²) in [4.78, 5) is 12.3. The third-order valence-electron chi connectivity index (χ3n) is 2.19. The molecule has 0 saturated heterocycles. The largest absolute Gasteiger partial charge is 0.406 e. The van der Waals surface area contributed by atoms with E-state index in [0.29, 0.717) is 19.6 Å². The number of aliphatic hydroxyl groups excluding tert-OH is 1. The highest BCUT2D eigenvalue weighted by Crippen LogP contribution is 2.17. The van der Waals surface area contributed by atoms with Gasteiger partial charge in [0, 0.05) is 32.8 Å². The summed E-state index contributed by atoms with van der Waals surface area (Å²) in [6.07, 6.45) is -3.92. The van der Waals surface area contributed by atoms with E-state index in [4.69, 9.17) is 9.84 Å². The van der Waals surface area contributed by atoms with Crippen molar-refractivity contribution in [2.75, 3.05) is 32.9 Å². The molecule has 4 nitrogen and oxygen atoms in total. The zero-order valence-electron chi connectivity index (χ0n) is 10.5. The van der Waals surface area contributed by atoms with E-state index in [2.05, 4.69) is 0 Å². The summed E-state index contributed by atoms with van der Waals surface area (Å²) in [7, 11) is 0. The molecule has 0 spiro atoms. The van der Waals surface area contributed by atoms with Crippen LogP contribution in [0.25, 0.3) is 0 Å². The molecule has 0 aliphatic rings. The minimum Gasteiger partial charge on any atom is -0.396 e. The van der Waals surface area contributed by atoms with Crippen LogP contribution in [0.2, 0.25) is 0 Å². The number of ether oxygens (including phenoxy) is 1. The van der Waals surface area contributed by atoms with Gasteiger partial charge in [-0.3, -0.25) is 4.79 Å². The van der Waals surface area contributed by atoms with E-state index in [0.717, 1.165) is 4.90 Å². The molecule has 7 heteroatoms. The standard InChI is InChI=1S/C11H20F3NO3/c1-2-18-8-4-6-15(9-11(12,13)14)10(17)5-3-7-16/h16H,2-9H2,1H3. The highest BCUT2D eigenvalue weighted by molar-refractivity contribution is 5.76. The van der Waals surface area contributed by atoms with Crippen molar-refractivity contribution in [3.8, 4) is 0 Å². The van der Waals surface area contributed by atoms with Gasteiger partial charge in [0.25, 0.3) is 0 Å². The van der Waals surface area contributed by atoms with Crippen molar-refractivity contribution in [1.82, 2.24) is 4.90 Å². The highest BCUT2D eigenvalue weighted by atomic mass is 19.4. The van der Waals surface area contributed by atoms with Gasteiger partial charge in [0.1, 0.15) is 6.54 Å². The molecule has 0 radical (unpaired) electrons. The molecule has 0 atom stereocenters. The van der Waals surface area contributed by atoms with Crippen LogP contribution < -0.4 is 0 Å². The monoisotopic (exact) mass is 271 g/mol. The predicted octanol–water partition coefficient (Wildman–Crippen LogP) is 1.58. The Morgan fingerprint density at radius 1 is 1.33 bits per heavy atom. The Morgan fingerprint density at radius 3 is 2.50 bits per heavy atom. The summed E-state index contributed by atoms with van der Waals surface area (Å²) in [6.45, 7) is 1.19. The van der Waals surface area contributed by atoms with Crippen LogP contribution in [-0.4, -0.2) is 55.0 Å². The molecular formula is C11H20F3NO3. The van der Waals surface area contributed by atoms with E-state index < -0.39 is 18.6 Å². The average molecular weight is 271 g/mol. The number of aliphatic hydroxyl groups is 1. The first-order chi connectivity index (χ1) is 8.40. The summed E-state index contributed by atoms with van der Waals surface area (Å²) < 4.78 is 41.9. The zero-order valence-corrected chi connectivity index (χ0v) is 10.5.